The molecule has 102 valence electrons. The second-order valence-corrected chi connectivity index (χ2v) is 5.43. The van der Waals surface area contributed by atoms with Crippen molar-refractivity contribution in [1.82, 2.24) is 9.88 Å². The smallest absolute Gasteiger partial charge is 0.256 e. The zero-order valence-corrected chi connectivity index (χ0v) is 12.0. The zero-order chi connectivity index (χ0) is 14.1. The molecule has 20 heavy (non-hydrogen) atoms. The monoisotopic (exact) mass is 286 g/mol. The van der Waals surface area contributed by atoms with Crippen LogP contribution in [0.25, 0.3) is 10.8 Å². The third kappa shape index (κ3) is 2.29. The van der Waals surface area contributed by atoms with Crippen LogP contribution in [0, 0.1) is 0 Å². The van der Waals surface area contributed by atoms with Crippen molar-refractivity contribution in [2.24, 2.45) is 0 Å². The highest BCUT2D eigenvalue weighted by atomic mass is 35.5. The topological polar surface area (TPSA) is 33.2 Å². The Bertz CT molecular complexity index is 709. The van der Waals surface area contributed by atoms with Crippen molar-refractivity contribution >= 4 is 28.3 Å². The molecule has 0 unspecified atom stereocenters. The Hall–Kier alpha value is -1.87. The molecule has 2 aromatic rings. The van der Waals surface area contributed by atoms with Crippen molar-refractivity contribution in [2.45, 2.75) is 13.3 Å². The lowest BCUT2D eigenvalue weighted by Crippen LogP contribution is -2.35. The van der Waals surface area contributed by atoms with Gasteiger partial charge in [0.1, 0.15) is 5.15 Å². The minimum Gasteiger partial charge on any atom is -0.334 e. The Labute approximate surface area is 122 Å². The van der Waals surface area contributed by atoms with Crippen molar-refractivity contribution in [1.29, 1.82) is 0 Å². The summed E-state index contributed by atoms with van der Waals surface area (Å²) in [6, 6.07) is 7.63. The quantitative estimate of drug-likeness (QED) is 0.592. The Balaban J connectivity index is 2.04. The Morgan fingerprint density at radius 1 is 1.30 bits per heavy atom. The van der Waals surface area contributed by atoms with E-state index >= 15 is 0 Å². The lowest BCUT2D eigenvalue weighted by atomic mass is 10.1. The van der Waals surface area contributed by atoms with E-state index in [0.29, 0.717) is 17.3 Å². The van der Waals surface area contributed by atoms with E-state index in [1.54, 1.807) is 6.20 Å². The fourth-order valence-corrected chi connectivity index (χ4v) is 2.80. The molecule has 0 N–H and O–H groups in total. The van der Waals surface area contributed by atoms with Crippen LogP contribution in [0.1, 0.15) is 23.7 Å². The molecule has 0 bridgehead atoms. The van der Waals surface area contributed by atoms with Gasteiger partial charge in [-0.15, -0.1) is 0 Å². The number of hydrogen-bond donors (Lipinski definition) is 0. The molecule has 2 heterocycles. The molecule has 0 atom stereocenters. The van der Waals surface area contributed by atoms with Crippen LogP contribution in [0.4, 0.5) is 0 Å². The van der Waals surface area contributed by atoms with Gasteiger partial charge in [-0.3, -0.25) is 4.79 Å². The standard InChI is InChI=1S/C16H15ClN2O/c1-11-5-4-8-19(10-11)16(20)14-9-18-15(17)13-7-3-2-6-12(13)14/h2-3,5-7,9H,4,8,10H2,1H3. The fraction of sp³-hybridized carbons (Fsp3) is 0.250. The van der Waals surface area contributed by atoms with Crippen LogP contribution in [0.5, 0.6) is 0 Å². The van der Waals surface area contributed by atoms with Gasteiger partial charge in [0.2, 0.25) is 0 Å². The Kier molecular flexibility index (Phi) is 3.45. The summed E-state index contributed by atoms with van der Waals surface area (Å²) in [7, 11) is 0. The number of halogens is 1. The molecule has 0 spiro atoms. The molecule has 0 aliphatic carbocycles. The molecule has 3 rings (SSSR count). The van der Waals surface area contributed by atoms with E-state index in [9.17, 15) is 4.79 Å². The van der Waals surface area contributed by atoms with Crippen molar-refractivity contribution in [3.63, 3.8) is 0 Å². The summed E-state index contributed by atoms with van der Waals surface area (Å²) in [6.45, 7) is 3.50. The van der Waals surface area contributed by atoms with Crippen LogP contribution in [0.2, 0.25) is 5.15 Å². The number of aromatic nitrogens is 1. The maximum atomic E-state index is 12.7. The van der Waals surface area contributed by atoms with Gasteiger partial charge in [-0.25, -0.2) is 4.98 Å². The Morgan fingerprint density at radius 3 is 2.80 bits per heavy atom. The first kappa shape index (κ1) is 13.1. The van der Waals surface area contributed by atoms with E-state index in [2.05, 4.69) is 18.0 Å². The molecular formula is C16H15ClN2O. The lowest BCUT2D eigenvalue weighted by molar-refractivity contribution is 0.0767. The van der Waals surface area contributed by atoms with Gasteiger partial charge in [-0.2, -0.15) is 0 Å². The number of hydrogen-bond acceptors (Lipinski definition) is 2. The van der Waals surface area contributed by atoms with Crippen LogP contribution in [0.15, 0.2) is 42.1 Å². The van der Waals surface area contributed by atoms with Crippen LogP contribution in [-0.2, 0) is 0 Å². The Morgan fingerprint density at radius 2 is 2.05 bits per heavy atom. The molecule has 0 radical (unpaired) electrons. The van der Waals surface area contributed by atoms with E-state index in [1.807, 2.05) is 29.2 Å². The first-order chi connectivity index (χ1) is 9.66. The number of pyridine rings is 1. The predicted octanol–water partition coefficient (Wildman–Crippen LogP) is 3.68. The number of carbonyl (C=O) groups is 1. The molecule has 1 amide bonds. The highest BCUT2D eigenvalue weighted by molar-refractivity contribution is 6.34. The average molecular weight is 287 g/mol. The first-order valence-corrected chi connectivity index (χ1v) is 7.03. The van der Waals surface area contributed by atoms with Gasteiger partial charge in [-0.1, -0.05) is 47.5 Å². The molecule has 0 saturated heterocycles. The summed E-state index contributed by atoms with van der Waals surface area (Å²) in [4.78, 5) is 18.7. The van der Waals surface area contributed by atoms with E-state index in [0.717, 1.165) is 23.7 Å². The van der Waals surface area contributed by atoms with E-state index in [-0.39, 0.29) is 5.91 Å². The molecule has 0 fully saturated rings. The number of benzene rings is 1. The second kappa shape index (κ2) is 5.25. The number of carbonyl (C=O) groups excluding carboxylic acids is 1. The average Bonchev–Trinajstić information content (AvgIpc) is 2.47. The summed E-state index contributed by atoms with van der Waals surface area (Å²) in [6.07, 6.45) is 4.68. The van der Waals surface area contributed by atoms with Crippen molar-refractivity contribution in [2.75, 3.05) is 13.1 Å². The summed E-state index contributed by atoms with van der Waals surface area (Å²) in [5, 5.41) is 2.13. The van der Waals surface area contributed by atoms with Crippen LogP contribution >= 0.6 is 11.6 Å². The fourth-order valence-electron chi connectivity index (χ4n) is 2.58. The first-order valence-electron chi connectivity index (χ1n) is 6.65. The normalized spacial score (nSPS) is 15.3. The molecule has 1 aliphatic rings. The SMILES string of the molecule is CC1=CCCN(C(=O)c2cnc(Cl)c3ccccc23)C1. The summed E-state index contributed by atoms with van der Waals surface area (Å²) in [5.41, 5.74) is 1.86. The van der Waals surface area contributed by atoms with Gasteiger partial charge in [0.25, 0.3) is 5.91 Å². The molecule has 3 nitrogen and oxygen atoms in total. The molecule has 1 aliphatic heterocycles. The maximum Gasteiger partial charge on any atom is 0.256 e. The molecule has 0 saturated carbocycles. The summed E-state index contributed by atoms with van der Waals surface area (Å²) in [5.74, 6) is 0.0258. The van der Waals surface area contributed by atoms with Crippen LogP contribution in [0.3, 0.4) is 0 Å². The van der Waals surface area contributed by atoms with Crippen molar-refractivity contribution < 1.29 is 4.79 Å². The van der Waals surface area contributed by atoms with Gasteiger partial charge < -0.3 is 4.90 Å². The minimum absolute atomic E-state index is 0.0258. The second-order valence-electron chi connectivity index (χ2n) is 5.07. The highest BCUT2D eigenvalue weighted by Gasteiger charge is 2.20. The third-order valence-electron chi connectivity index (χ3n) is 3.60. The van der Waals surface area contributed by atoms with Gasteiger partial charge >= 0.3 is 0 Å². The van der Waals surface area contributed by atoms with Gasteiger partial charge in [0.05, 0.1) is 5.56 Å². The number of amides is 1. The van der Waals surface area contributed by atoms with Gasteiger partial charge in [0, 0.05) is 24.7 Å². The van der Waals surface area contributed by atoms with Gasteiger partial charge in [0.15, 0.2) is 0 Å². The lowest BCUT2D eigenvalue weighted by Gasteiger charge is -2.26. The van der Waals surface area contributed by atoms with Crippen LogP contribution < -0.4 is 0 Å². The summed E-state index contributed by atoms with van der Waals surface area (Å²) < 4.78 is 0. The van der Waals surface area contributed by atoms with Crippen LogP contribution in [-0.4, -0.2) is 28.9 Å². The predicted molar refractivity (Wildman–Crippen MR) is 81.0 cm³/mol. The van der Waals surface area contributed by atoms with E-state index < -0.39 is 0 Å². The summed E-state index contributed by atoms with van der Waals surface area (Å²) >= 11 is 6.10. The van der Waals surface area contributed by atoms with Gasteiger partial charge in [-0.05, 0) is 18.7 Å². The zero-order valence-electron chi connectivity index (χ0n) is 11.3. The van der Waals surface area contributed by atoms with Crippen molar-refractivity contribution in [3.05, 3.63) is 52.8 Å². The largest absolute Gasteiger partial charge is 0.334 e. The molecule has 4 heteroatoms. The van der Waals surface area contributed by atoms with Crippen molar-refractivity contribution in [3.8, 4) is 0 Å². The maximum absolute atomic E-state index is 12.7. The number of nitrogens with zero attached hydrogens (tertiary/aromatic N) is 2. The van der Waals surface area contributed by atoms with E-state index in [4.69, 9.17) is 11.6 Å². The number of fused-ring (bicyclic) bond motifs is 1. The number of rotatable bonds is 1. The minimum atomic E-state index is 0.0258. The van der Waals surface area contributed by atoms with E-state index in [1.165, 1.54) is 5.57 Å². The highest BCUT2D eigenvalue weighted by Crippen LogP contribution is 2.25. The molecule has 1 aromatic heterocycles. The molecule has 1 aromatic carbocycles. The third-order valence-corrected chi connectivity index (χ3v) is 3.90. The molecular weight excluding hydrogens is 272 g/mol.